The molecular weight excluding hydrogens is 555 g/mol. The van der Waals surface area contributed by atoms with Crippen LogP contribution in [0.3, 0.4) is 0 Å². The molecule has 44 heavy (non-hydrogen) atoms. The van der Waals surface area contributed by atoms with Crippen molar-refractivity contribution >= 4 is 30.6 Å². The lowest BCUT2D eigenvalue weighted by Gasteiger charge is -2.64. The van der Waals surface area contributed by atoms with Gasteiger partial charge in [0.1, 0.15) is 6.04 Å². The maximum absolute atomic E-state index is 13.9. The topological polar surface area (TPSA) is 130 Å². The Morgan fingerprint density at radius 1 is 1.11 bits per heavy atom. The molecule has 2 amide bonds. The molecule has 11 heteroatoms. The van der Waals surface area contributed by atoms with E-state index in [-0.39, 0.29) is 34.9 Å². The number of amides is 2. The highest BCUT2D eigenvalue weighted by Crippen LogP contribution is 2.65. The third-order valence-corrected chi connectivity index (χ3v) is 10.4. The number of nitrogens with one attached hydrogen (secondary N) is 3. The van der Waals surface area contributed by atoms with Gasteiger partial charge in [-0.15, -0.1) is 0 Å². The predicted octanol–water partition coefficient (Wildman–Crippen LogP) is 3.74. The minimum Gasteiger partial charge on any atom is -0.404 e. The van der Waals surface area contributed by atoms with Gasteiger partial charge in [0.2, 0.25) is 5.91 Å². The van der Waals surface area contributed by atoms with Gasteiger partial charge in [0.25, 0.3) is 5.91 Å². The van der Waals surface area contributed by atoms with Gasteiger partial charge in [-0.25, -0.2) is 0 Å². The van der Waals surface area contributed by atoms with E-state index >= 15 is 0 Å². The van der Waals surface area contributed by atoms with Gasteiger partial charge in [0, 0.05) is 37.9 Å². The SMILES string of the molecule is CCN(CC)c1ccc(C(=O)N[C@@H](CCCNC(N)=NC)C(=O)N[C@@H](CC(C)C)B2O[C@@H]3C[C@@H]4C[C@@H](C4(C)C)[C@]3(C)O2)cc1. The van der Waals surface area contributed by atoms with Crippen LogP contribution in [-0.4, -0.2) is 75.3 Å². The Hall–Kier alpha value is -2.79. The Bertz CT molecular complexity index is 1170. The van der Waals surface area contributed by atoms with Gasteiger partial charge in [-0.2, -0.15) is 0 Å². The molecule has 0 radical (unpaired) electrons. The summed E-state index contributed by atoms with van der Waals surface area (Å²) < 4.78 is 13.3. The van der Waals surface area contributed by atoms with Crippen LogP contribution in [0.4, 0.5) is 5.69 Å². The number of anilines is 1. The molecule has 1 saturated heterocycles. The first-order valence-electron chi connectivity index (χ1n) is 16.6. The number of rotatable bonds is 14. The summed E-state index contributed by atoms with van der Waals surface area (Å²) in [5.74, 6) is 0.876. The predicted molar refractivity (Wildman–Crippen MR) is 178 cm³/mol. The monoisotopic (exact) mass is 610 g/mol. The number of carbonyl (C=O) groups excluding carboxylic acids is 2. The van der Waals surface area contributed by atoms with Gasteiger partial charge < -0.3 is 35.9 Å². The number of hydrogen-bond acceptors (Lipinski definition) is 6. The highest BCUT2D eigenvalue weighted by atomic mass is 16.7. The van der Waals surface area contributed by atoms with E-state index in [1.165, 1.54) is 6.42 Å². The van der Waals surface area contributed by atoms with E-state index < -0.39 is 13.2 Å². The van der Waals surface area contributed by atoms with Crippen molar-refractivity contribution in [3.05, 3.63) is 29.8 Å². The van der Waals surface area contributed by atoms with E-state index in [0.29, 0.717) is 55.1 Å². The lowest BCUT2D eigenvalue weighted by molar-refractivity contribution is -0.199. The molecule has 3 saturated carbocycles. The van der Waals surface area contributed by atoms with Crippen molar-refractivity contribution < 1.29 is 18.9 Å². The molecule has 6 atom stereocenters. The zero-order chi connectivity index (χ0) is 32.2. The van der Waals surface area contributed by atoms with E-state index in [1.54, 1.807) is 7.05 Å². The van der Waals surface area contributed by atoms with E-state index in [4.69, 9.17) is 15.0 Å². The Kier molecular flexibility index (Phi) is 10.9. The van der Waals surface area contributed by atoms with Crippen molar-refractivity contribution in [2.45, 2.75) is 104 Å². The lowest BCUT2D eigenvalue weighted by Crippen LogP contribution is -2.65. The highest BCUT2D eigenvalue weighted by Gasteiger charge is 2.68. The molecule has 2 bridgehead atoms. The highest BCUT2D eigenvalue weighted by molar-refractivity contribution is 6.48. The van der Waals surface area contributed by atoms with Crippen LogP contribution in [-0.2, 0) is 14.1 Å². The van der Waals surface area contributed by atoms with Crippen LogP contribution in [0.5, 0.6) is 0 Å². The molecule has 1 aromatic rings. The summed E-state index contributed by atoms with van der Waals surface area (Å²) in [5, 5.41) is 9.29. The summed E-state index contributed by atoms with van der Waals surface area (Å²) in [6.45, 7) is 17.7. The average Bonchev–Trinajstić information content (AvgIpc) is 3.36. The van der Waals surface area contributed by atoms with Gasteiger partial charge in [0.15, 0.2) is 5.96 Å². The Morgan fingerprint density at radius 3 is 2.39 bits per heavy atom. The Balaban J connectivity index is 1.47. The Labute approximate surface area is 264 Å². The molecule has 0 spiro atoms. The van der Waals surface area contributed by atoms with E-state index in [9.17, 15) is 9.59 Å². The number of guanidine groups is 1. The second-order valence-corrected chi connectivity index (χ2v) is 14.0. The summed E-state index contributed by atoms with van der Waals surface area (Å²) >= 11 is 0. The molecule has 5 rings (SSSR count). The number of nitrogens with zero attached hydrogens (tertiary/aromatic N) is 2. The fraction of sp³-hybridized carbons (Fsp3) is 0.727. The van der Waals surface area contributed by atoms with Crippen molar-refractivity contribution in [3.63, 3.8) is 0 Å². The molecule has 4 fully saturated rings. The molecule has 244 valence electrons. The van der Waals surface area contributed by atoms with Crippen molar-refractivity contribution in [2.24, 2.45) is 33.9 Å². The first-order chi connectivity index (χ1) is 20.8. The zero-order valence-corrected chi connectivity index (χ0v) is 28.1. The molecular formula is C33H55BN6O4. The van der Waals surface area contributed by atoms with Crippen LogP contribution >= 0.6 is 0 Å². The summed E-state index contributed by atoms with van der Waals surface area (Å²) in [4.78, 5) is 33.5. The molecule has 0 aromatic heterocycles. The van der Waals surface area contributed by atoms with Crippen LogP contribution in [0.25, 0.3) is 0 Å². The molecule has 3 aliphatic carbocycles. The quantitative estimate of drug-likeness (QED) is 0.109. The Morgan fingerprint density at radius 2 is 1.80 bits per heavy atom. The van der Waals surface area contributed by atoms with Crippen molar-refractivity contribution in [1.82, 2.24) is 16.0 Å². The second-order valence-electron chi connectivity index (χ2n) is 14.0. The summed E-state index contributed by atoms with van der Waals surface area (Å²) in [6.07, 6.45) is 3.93. The third-order valence-electron chi connectivity index (χ3n) is 10.4. The molecule has 10 nitrogen and oxygen atoms in total. The fourth-order valence-corrected chi connectivity index (χ4v) is 7.62. The van der Waals surface area contributed by atoms with Crippen LogP contribution < -0.4 is 26.6 Å². The minimum atomic E-state index is -0.743. The van der Waals surface area contributed by atoms with E-state index in [2.05, 4.69) is 74.3 Å². The van der Waals surface area contributed by atoms with E-state index in [1.807, 2.05) is 24.3 Å². The summed E-state index contributed by atoms with van der Waals surface area (Å²) in [6, 6.07) is 6.79. The van der Waals surface area contributed by atoms with Gasteiger partial charge in [0.05, 0.1) is 17.6 Å². The molecule has 0 unspecified atom stereocenters. The first kappa shape index (κ1) is 34.1. The van der Waals surface area contributed by atoms with Crippen molar-refractivity contribution in [2.75, 3.05) is 31.6 Å². The number of hydrogen-bond donors (Lipinski definition) is 4. The number of aliphatic imine (C=N–C) groups is 1. The number of nitrogens with two attached hydrogens (primary N) is 1. The van der Waals surface area contributed by atoms with Crippen molar-refractivity contribution in [3.8, 4) is 0 Å². The minimum absolute atomic E-state index is 0.0300. The fourth-order valence-electron chi connectivity index (χ4n) is 7.62. The molecule has 1 aromatic carbocycles. The molecule has 1 heterocycles. The smallest absolute Gasteiger partial charge is 0.404 e. The normalized spacial score (nSPS) is 26.8. The summed E-state index contributed by atoms with van der Waals surface area (Å²) in [5.41, 5.74) is 7.24. The van der Waals surface area contributed by atoms with Crippen LogP contribution in [0.15, 0.2) is 29.3 Å². The molecule has 4 aliphatic rings. The number of benzene rings is 1. The van der Waals surface area contributed by atoms with Crippen LogP contribution in [0, 0.1) is 23.2 Å². The zero-order valence-electron chi connectivity index (χ0n) is 28.1. The largest absolute Gasteiger partial charge is 0.481 e. The maximum Gasteiger partial charge on any atom is 0.481 e. The average molecular weight is 611 g/mol. The summed E-state index contributed by atoms with van der Waals surface area (Å²) in [7, 11) is 1.09. The van der Waals surface area contributed by atoms with Crippen LogP contribution in [0.1, 0.15) is 90.9 Å². The van der Waals surface area contributed by atoms with Gasteiger partial charge in [-0.3, -0.25) is 14.6 Å². The third kappa shape index (κ3) is 7.20. The van der Waals surface area contributed by atoms with Gasteiger partial charge >= 0.3 is 7.12 Å². The van der Waals surface area contributed by atoms with Crippen LogP contribution in [0.2, 0.25) is 0 Å². The van der Waals surface area contributed by atoms with Gasteiger partial charge in [-0.1, -0.05) is 27.7 Å². The standard InChI is InChI=1S/C33H55BN6O4/c1-9-40(10-2)24-15-13-22(14-16-24)29(41)38-25(12-11-17-37-31(35)36-8)30(42)39-28(18-21(3)4)34-43-27-20-23-19-26(32(23,5)6)33(27,7)44-34/h13-16,21,23,25-28H,9-12,17-20H2,1-8H3,(H,38,41)(H,39,42)(H3,35,36,37)/t23-,25-,26-,27+,28-,33-/m0/s1. The maximum atomic E-state index is 13.9. The van der Waals surface area contributed by atoms with Crippen molar-refractivity contribution in [1.29, 1.82) is 0 Å². The molecule has 5 N–H and O–H groups in total. The second kappa shape index (κ2) is 14.1. The van der Waals surface area contributed by atoms with E-state index in [0.717, 1.165) is 25.2 Å². The van der Waals surface area contributed by atoms with Gasteiger partial charge in [-0.05, 0) is 100 Å². The number of carbonyl (C=O) groups is 2. The lowest BCUT2D eigenvalue weighted by atomic mass is 9.43. The first-order valence-corrected chi connectivity index (χ1v) is 16.6. The molecule has 1 aliphatic heterocycles.